The van der Waals surface area contributed by atoms with Crippen molar-refractivity contribution < 1.29 is 9.53 Å². The Morgan fingerprint density at radius 3 is 1.79 bits per heavy atom. The van der Waals surface area contributed by atoms with Crippen LogP contribution in [0, 0.1) is 0 Å². The van der Waals surface area contributed by atoms with E-state index in [0.29, 0.717) is 6.42 Å². The molecule has 0 heterocycles. The number of rotatable bonds is 7. The predicted molar refractivity (Wildman–Crippen MR) is 119 cm³/mol. The molecule has 0 N–H and O–H groups in total. The van der Waals surface area contributed by atoms with Crippen molar-refractivity contribution in [3.8, 4) is 0 Å². The van der Waals surface area contributed by atoms with Crippen molar-refractivity contribution in [3.05, 3.63) is 108 Å². The van der Waals surface area contributed by atoms with Crippen LogP contribution in [0.4, 0.5) is 0 Å². The van der Waals surface area contributed by atoms with Gasteiger partial charge in [-0.05, 0) is 16.7 Å². The molecule has 3 aromatic carbocycles. The maximum atomic E-state index is 12.4. The minimum atomic E-state index is -1.22. The van der Waals surface area contributed by atoms with Gasteiger partial charge in [0.05, 0.1) is 7.11 Å². The van der Waals surface area contributed by atoms with Gasteiger partial charge in [-0.15, -0.1) is 11.6 Å². The Hall–Kier alpha value is -2.62. The molecular weight excluding hydrogens is 405 g/mol. The number of alkyl halides is 1. The van der Waals surface area contributed by atoms with Gasteiger partial charge in [-0.25, -0.2) is 4.79 Å². The molecule has 0 aliphatic rings. The van der Waals surface area contributed by atoms with Crippen LogP contribution in [0.25, 0.3) is 0 Å². The van der Waals surface area contributed by atoms with Crippen LogP contribution >= 0.6 is 23.2 Å². The molecule has 5 heteroatoms. The van der Waals surface area contributed by atoms with Crippen molar-refractivity contribution in [1.29, 1.82) is 0 Å². The number of hydrogen-bond donors (Lipinski definition) is 0. The zero-order chi connectivity index (χ0) is 20.7. The second-order valence-corrected chi connectivity index (χ2v) is 7.46. The molecule has 1 atom stereocenters. The fourth-order valence-electron chi connectivity index (χ4n) is 3.12. The molecule has 0 aliphatic carbocycles. The molecule has 0 amide bonds. The second kappa shape index (κ2) is 9.73. The lowest BCUT2D eigenvalue weighted by Gasteiger charge is -2.28. The molecule has 0 aliphatic heterocycles. The fourth-order valence-corrected chi connectivity index (χ4v) is 3.76. The zero-order valence-electron chi connectivity index (χ0n) is 16.0. The van der Waals surface area contributed by atoms with E-state index in [1.54, 1.807) is 0 Å². The Bertz CT molecular complexity index is 920. The molecule has 3 aromatic rings. The Kier molecular flexibility index (Phi) is 7.08. The third-order valence-electron chi connectivity index (χ3n) is 4.64. The second-order valence-electron chi connectivity index (χ2n) is 6.54. The first-order valence-electron chi connectivity index (χ1n) is 9.21. The molecule has 3 nitrogen and oxygen atoms in total. The number of hydrogen-bond acceptors (Lipinski definition) is 3. The van der Waals surface area contributed by atoms with E-state index in [4.69, 9.17) is 27.9 Å². The van der Waals surface area contributed by atoms with E-state index in [-0.39, 0.29) is 5.17 Å². The largest absolute Gasteiger partial charge is 0.467 e. The molecule has 0 radical (unpaired) electrons. The molecule has 0 fully saturated rings. The average Bonchev–Trinajstić information content (AvgIpc) is 2.79. The van der Waals surface area contributed by atoms with E-state index < -0.39 is 16.9 Å². The fraction of sp³-hybridized carbons (Fsp3) is 0.167. The normalized spacial score (nSPS) is 13.0. The lowest BCUT2D eigenvalue weighted by atomic mass is 9.91. The van der Waals surface area contributed by atoms with E-state index in [1.165, 1.54) is 7.11 Å². The van der Waals surface area contributed by atoms with E-state index in [2.05, 4.69) is 4.99 Å². The maximum absolute atomic E-state index is 12.4. The van der Waals surface area contributed by atoms with Gasteiger partial charge in [-0.2, -0.15) is 0 Å². The summed E-state index contributed by atoms with van der Waals surface area (Å²) in [5.41, 5.74) is 2.49. The monoisotopic (exact) mass is 425 g/mol. The topological polar surface area (TPSA) is 38.7 Å². The van der Waals surface area contributed by atoms with Gasteiger partial charge in [-0.1, -0.05) is 103 Å². The molecule has 1 unspecified atom stereocenters. The smallest absolute Gasteiger partial charge is 0.330 e. The molecule has 0 saturated heterocycles. The van der Waals surface area contributed by atoms with E-state index in [0.717, 1.165) is 16.7 Å². The van der Waals surface area contributed by atoms with Crippen molar-refractivity contribution >= 4 is 34.3 Å². The third-order valence-corrected chi connectivity index (χ3v) is 5.73. The van der Waals surface area contributed by atoms with E-state index >= 15 is 0 Å². The van der Waals surface area contributed by atoms with Gasteiger partial charge in [0.25, 0.3) is 0 Å². The first-order chi connectivity index (χ1) is 14.1. The Morgan fingerprint density at radius 2 is 1.34 bits per heavy atom. The number of benzene rings is 3. The predicted octanol–water partition coefficient (Wildman–Crippen LogP) is 5.59. The molecule has 0 spiro atoms. The van der Waals surface area contributed by atoms with Gasteiger partial charge in [0.2, 0.25) is 0 Å². The summed E-state index contributed by atoms with van der Waals surface area (Å²) in [4.78, 5) is 15.7. The number of methoxy groups -OCH3 is 1. The van der Waals surface area contributed by atoms with Crippen molar-refractivity contribution in [2.45, 2.75) is 17.3 Å². The van der Waals surface area contributed by atoms with Crippen LogP contribution in [-0.4, -0.2) is 24.3 Å². The highest BCUT2D eigenvalue weighted by Crippen LogP contribution is 2.40. The zero-order valence-corrected chi connectivity index (χ0v) is 17.5. The molecule has 0 bridgehead atoms. The van der Waals surface area contributed by atoms with Gasteiger partial charge in [-0.3, -0.25) is 4.99 Å². The van der Waals surface area contributed by atoms with Crippen LogP contribution in [0.5, 0.6) is 0 Å². The molecular formula is C24H21Cl2NO2. The SMILES string of the molecule is COC(=O)C(Cc1ccccc1)N=C(Cl)C(Cl)(c1ccccc1)c1ccccc1. The standard InChI is InChI=1S/C24H21Cl2NO2/c1-29-22(28)21(17-18-11-5-2-6-12-18)27-23(25)24(26,19-13-7-3-8-14-19)20-15-9-4-10-16-20/h2-16,21H,17H2,1H3. The average molecular weight is 426 g/mol. The summed E-state index contributed by atoms with van der Waals surface area (Å²) in [6.45, 7) is 0. The van der Waals surface area contributed by atoms with E-state index in [1.807, 2.05) is 91.0 Å². The summed E-state index contributed by atoms with van der Waals surface area (Å²) in [6.07, 6.45) is 0.361. The first kappa shape index (κ1) is 21.1. The lowest BCUT2D eigenvalue weighted by molar-refractivity contribution is -0.142. The van der Waals surface area contributed by atoms with Crippen LogP contribution in [0.3, 0.4) is 0 Å². The number of carbonyl (C=O) groups is 1. The summed E-state index contributed by atoms with van der Waals surface area (Å²) in [6, 6.07) is 27.7. The number of ether oxygens (including phenoxy) is 1. The number of aliphatic imine (C=N–C) groups is 1. The third kappa shape index (κ3) is 4.87. The van der Waals surface area contributed by atoms with Crippen LogP contribution in [0.2, 0.25) is 0 Å². The highest BCUT2D eigenvalue weighted by atomic mass is 35.5. The Labute approximate surface area is 181 Å². The van der Waals surface area contributed by atoms with Crippen LogP contribution in [0.15, 0.2) is 96.0 Å². The highest BCUT2D eigenvalue weighted by molar-refractivity contribution is 6.73. The Balaban J connectivity index is 2.06. The summed E-state index contributed by atoms with van der Waals surface area (Å²) >= 11 is 13.9. The molecule has 0 aromatic heterocycles. The van der Waals surface area contributed by atoms with Gasteiger partial charge >= 0.3 is 5.97 Å². The minimum Gasteiger partial charge on any atom is -0.467 e. The van der Waals surface area contributed by atoms with Crippen molar-refractivity contribution in [1.82, 2.24) is 0 Å². The van der Waals surface area contributed by atoms with Crippen molar-refractivity contribution in [2.24, 2.45) is 4.99 Å². The molecule has 148 valence electrons. The summed E-state index contributed by atoms with van der Waals surface area (Å²) in [7, 11) is 1.34. The van der Waals surface area contributed by atoms with Gasteiger partial charge in [0.1, 0.15) is 10.0 Å². The lowest BCUT2D eigenvalue weighted by Crippen LogP contribution is -2.32. The number of halogens is 2. The van der Waals surface area contributed by atoms with Crippen LogP contribution < -0.4 is 0 Å². The van der Waals surface area contributed by atoms with Gasteiger partial charge in [0, 0.05) is 6.42 Å². The van der Waals surface area contributed by atoms with Gasteiger partial charge in [0.15, 0.2) is 6.04 Å². The molecule has 0 saturated carbocycles. The number of nitrogens with zero attached hydrogens (tertiary/aromatic N) is 1. The summed E-state index contributed by atoms with van der Waals surface area (Å²) in [5, 5.41) is 0.114. The van der Waals surface area contributed by atoms with Crippen molar-refractivity contribution in [3.63, 3.8) is 0 Å². The van der Waals surface area contributed by atoms with Gasteiger partial charge < -0.3 is 4.74 Å². The summed E-state index contributed by atoms with van der Waals surface area (Å²) < 4.78 is 4.96. The van der Waals surface area contributed by atoms with E-state index in [9.17, 15) is 4.79 Å². The van der Waals surface area contributed by atoms with Crippen LogP contribution in [0.1, 0.15) is 16.7 Å². The highest BCUT2D eigenvalue weighted by Gasteiger charge is 2.38. The molecule has 3 rings (SSSR count). The molecule has 29 heavy (non-hydrogen) atoms. The first-order valence-corrected chi connectivity index (χ1v) is 9.96. The Morgan fingerprint density at radius 1 is 0.897 bits per heavy atom. The van der Waals surface area contributed by atoms with Crippen molar-refractivity contribution in [2.75, 3.05) is 7.11 Å². The number of esters is 1. The summed E-state index contributed by atoms with van der Waals surface area (Å²) in [5.74, 6) is -0.466. The number of carbonyl (C=O) groups excluding carboxylic acids is 1. The quantitative estimate of drug-likeness (QED) is 0.281. The maximum Gasteiger partial charge on any atom is 0.330 e. The van der Waals surface area contributed by atoms with Crippen LogP contribution in [-0.2, 0) is 20.8 Å². The minimum absolute atomic E-state index is 0.114.